The minimum atomic E-state index is -0.553. The van der Waals surface area contributed by atoms with Crippen LogP contribution in [0.5, 0.6) is 0 Å². The molecule has 0 amide bonds. The van der Waals surface area contributed by atoms with Gasteiger partial charge in [-0.1, -0.05) is 194 Å². The van der Waals surface area contributed by atoms with Gasteiger partial charge in [0.15, 0.2) is 5.58 Å². The van der Waals surface area contributed by atoms with Crippen LogP contribution < -0.4 is 4.90 Å². The van der Waals surface area contributed by atoms with Gasteiger partial charge in [-0.2, -0.15) is 0 Å². The molecule has 0 radical (unpaired) electrons. The monoisotopic (exact) mass is 813 g/mol. The van der Waals surface area contributed by atoms with Gasteiger partial charge in [0.05, 0.1) is 27.9 Å². The van der Waals surface area contributed by atoms with E-state index in [1.54, 1.807) is 0 Å². The van der Waals surface area contributed by atoms with Gasteiger partial charge in [0.25, 0.3) is 0 Å². The Bertz CT molecular complexity index is 3660. The molecule has 4 aliphatic rings. The van der Waals surface area contributed by atoms with E-state index in [4.69, 9.17) is 4.42 Å². The van der Waals surface area contributed by atoms with E-state index in [0.717, 1.165) is 51.8 Å². The van der Waals surface area contributed by atoms with Crippen LogP contribution in [0.1, 0.15) is 55.6 Å². The molecule has 1 spiro atoms. The predicted molar refractivity (Wildman–Crippen MR) is 261 cm³/mol. The van der Waals surface area contributed by atoms with Crippen LogP contribution in [0.4, 0.5) is 17.1 Å². The number of aryl methyl sites for hydroxylation is 2. The summed E-state index contributed by atoms with van der Waals surface area (Å²) < 4.78 is 7.65. The third-order valence-electron chi connectivity index (χ3n) is 15.4. The molecule has 11 aromatic rings. The Morgan fingerprint density at radius 2 is 0.844 bits per heavy atom. The fourth-order valence-corrected chi connectivity index (χ4v) is 13.1. The molecule has 0 bridgehead atoms. The van der Waals surface area contributed by atoms with Crippen LogP contribution in [-0.2, 0) is 23.7 Å². The number of hydrogen-bond donors (Lipinski definition) is 0. The van der Waals surface area contributed by atoms with E-state index < -0.39 is 10.8 Å². The van der Waals surface area contributed by atoms with E-state index in [1.165, 1.54) is 88.7 Å². The molecule has 3 aliphatic carbocycles. The molecule has 0 saturated heterocycles. The third-order valence-corrected chi connectivity index (χ3v) is 15.4. The summed E-state index contributed by atoms with van der Waals surface area (Å²) in [5, 5.41) is 5.08. The lowest BCUT2D eigenvalue weighted by molar-refractivity contribution is 0.666. The number of fused-ring (bicyclic) bond motifs is 15. The molecule has 10 aromatic carbocycles. The largest absolute Gasteiger partial charge is 0.453 e. The van der Waals surface area contributed by atoms with Gasteiger partial charge in [-0.3, -0.25) is 0 Å². The lowest BCUT2D eigenvalue weighted by atomic mass is 9.61. The predicted octanol–water partition coefficient (Wildman–Crippen LogP) is 15.3. The summed E-state index contributed by atoms with van der Waals surface area (Å²) in [4.78, 5) is 2.47. The quantitative estimate of drug-likeness (QED) is 0.177. The first-order chi connectivity index (χ1) is 31.8. The van der Waals surface area contributed by atoms with E-state index in [1.807, 2.05) is 0 Å². The number of furan rings is 1. The zero-order valence-electron chi connectivity index (χ0n) is 35.0. The molecule has 0 saturated carbocycles. The molecule has 1 aliphatic heterocycles. The van der Waals surface area contributed by atoms with Gasteiger partial charge in [0.1, 0.15) is 5.58 Å². The molecule has 0 atom stereocenters. The Morgan fingerprint density at radius 3 is 1.48 bits per heavy atom. The molecular weight excluding hydrogens is 775 g/mol. The smallest absolute Gasteiger partial charge is 0.159 e. The van der Waals surface area contributed by atoms with Crippen LogP contribution in [0.2, 0.25) is 0 Å². The Balaban J connectivity index is 1.05. The lowest BCUT2D eigenvalue weighted by Gasteiger charge is -2.46. The van der Waals surface area contributed by atoms with Crippen LogP contribution in [-0.4, -0.2) is 0 Å². The van der Waals surface area contributed by atoms with Crippen molar-refractivity contribution in [3.8, 4) is 22.3 Å². The second kappa shape index (κ2) is 12.4. The molecule has 15 rings (SSSR count). The summed E-state index contributed by atoms with van der Waals surface area (Å²) in [5.41, 5.74) is 22.4. The highest BCUT2D eigenvalue weighted by atomic mass is 16.3. The van der Waals surface area contributed by atoms with E-state index in [-0.39, 0.29) is 0 Å². The maximum Gasteiger partial charge on any atom is 0.159 e. The van der Waals surface area contributed by atoms with Crippen LogP contribution in [0.15, 0.2) is 217 Å². The lowest BCUT2D eigenvalue weighted by Crippen LogP contribution is -2.37. The summed E-state index contributed by atoms with van der Waals surface area (Å²) in [5.74, 6) is 0. The Hall–Kier alpha value is -7.94. The average molecular weight is 814 g/mol. The molecule has 64 heavy (non-hydrogen) atoms. The molecule has 0 fully saturated rings. The van der Waals surface area contributed by atoms with Crippen molar-refractivity contribution in [2.24, 2.45) is 0 Å². The van der Waals surface area contributed by atoms with Gasteiger partial charge in [-0.25, -0.2) is 0 Å². The molecule has 0 N–H and O–H groups in total. The first-order valence-corrected chi connectivity index (χ1v) is 22.6. The van der Waals surface area contributed by atoms with E-state index >= 15 is 0 Å². The summed E-state index contributed by atoms with van der Waals surface area (Å²) in [6.45, 7) is 0. The minimum absolute atomic E-state index is 0.506. The molecule has 2 heterocycles. The second-order valence-corrected chi connectivity index (χ2v) is 18.1. The van der Waals surface area contributed by atoms with E-state index in [0.29, 0.717) is 0 Å². The average Bonchev–Trinajstić information content (AvgIpc) is 4.06. The van der Waals surface area contributed by atoms with Gasteiger partial charge in [0.2, 0.25) is 0 Å². The molecule has 1 aromatic heterocycles. The molecule has 0 unspecified atom stereocenters. The SMILES string of the molecule is c1ccc(C2(c3ccccc3)c3ccccc3N(c3cccc4c3oc3c5c(ccc34)C3(c4ccccc4-c4ccccc43)c3ccc4c6c(ccc-5c36)CC4)c3ccccc32)cc1. The van der Waals surface area contributed by atoms with E-state index in [2.05, 4.69) is 217 Å². The Labute approximate surface area is 371 Å². The highest BCUT2D eigenvalue weighted by Gasteiger charge is 2.52. The first kappa shape index (κ1) is 34.6. The summed E-state index contributed by atoms with van der Waals surface area (Å²) in [7, 11) is 0. The molecule has 2 nitrogen and oxygen atoms in total. The minimum Gasteiger partial charge on any atom is -0.453 e. The third kappa shape index (κ3) is 4.04. The number of benzene rings is 10. The van der Waals surface area contributed by atoms with Crippen LogP contribution in [0.3, 0.4) is 0 Å². The van der Waals surface area contributed by atoms with Gasteiger partial charge in [-0.05, 0) is 114 Å². The number of rotatable bonds is 3. The van der Waals surface area contributed by atoms with Crippen LogP contribution >= 0.6 is 0 Å². The van der Waals surface area contributed by atoms with Crippen molar-refractivity contribution in [2.75, 3.05) is 4.90 Å². The van der Waals surface area contributed by atoms with Crippen molar-refractivity contribution in [1.82, 2.24) is 0 Å². The van der Waals surface area contributed by atoms with Gasteiger partial charge in [0, 0.05) is 16.3 Å². The van der Waals surface area contributed by atoms with Crippen LogP contribution in [0.25, 0.3) is 55.0 Å². The fourth-order valence-electron chi connectivity index (χ4n) is 13.1. The summed E-state index contributed by atoms with van der Waals surface area (Å²) in [6.07, 6.45) is 2.16. The highest BCUT2D eigenvalue weighted by Crippen LogP contribution is 2.64. The van der Waals surface area contributed by atoms with Crippen molar-refractivity contribution in [1.29, 1.82) is 0 Å². The van der Waals surface area contributed by atoms with Crippen molar-refractivity contribution < 1.29 is 4.42 Å². The van der Waals surface area contributed by atoms with Crippen molar-refractivity contribution in [2.45, 2.75) is 23.7 Å². The maximum atomic E-state index is 7.65. The van der Waals surface area contributed by atoms with Crippen molar-refractivity contribution >= 4 is 49.8 Å². The van der Waals surface area contributed by atoms with Crippen LogP contribution in [0, 0.1) is 0 Å². The first-order valence-electron chi connectivity index (χ1n) is 22.6. The van der Waals surface area contributed by atoms with Gasteiger partial charge >= 0.3 is 0 Å². The molecular formula is C62H39NO. The summed E-state index contributed by atoms with van der Waals surface area (Å²) >= 11 is 0. The zero-order valence-corrected chi connectivity index (χ0v) is 35.0. The second-order valence-electron chi connectivity index (χ2n) is 18.1. The fraction of sp³-hybridized carbons (Fsp3) is 0.0645. The summed E-state index contributed by atoms with van der Waals surface area (Å²) in [6, 6.07) is 79.6. The Morgan fingerprint density at radius 1 is 0.328 bits per heavy atom. The normalized spacial score (nSPS) is 15.3. The number of nitrogens with zero attached hydrogens (tertiary/aromatic N) is 1. The number of anilines is 3. The van der Waals surface area contributed by atoms with Crippen molar-refractivity contribution in [3.05, 3.63) is 268 Å². The van der Waals surface area contributed by atoms with Gasteiger partial charge in [-0.15, -0.1) is 0 Å². The number of para-hydroxylation sites is 3. The topological polar surface area (TPSA) is 16.4 Å². The van der Waals surface area contributed by atoms with Gasteiger partial charge < -0.3 is 9.32 Å². The maximum absolute atomic E-state index is 7.65. The molecule has 298 valence electrons. The highest BCUT2D eigenvalue weighted by molar-refractivity contribution is 6.19. The number of hydrogen-bond acceptors (Lipinski definition) is 2. The standard InChI is InChI=1S/C62H39NO/c1-3-16-40(17-4-1)61(41-18-5-2-6-19-41)49-25-11-13-27-53(49)63(54-28-14-12-26-50(54)61)55-29-15-22-44-45-35-37-52-58(60(45)64-59(44)55)46-34-32-38-30-31-39-33-36-51(57(46)56(38)39)62(52)47-23-9-7-20-42(47)43-21-8-10-24-48(43)62/h1-29,32-37H,30-31H2. The van der Waals surface area contributed by atoms with Crippen molar-refractivity contribution in [3.63, 3.8) is 0 Å². The zero-order chi connectivity index (χ0) is 41.7. The van der Waals surface area contributed by atoms with E-state index in [9.17, 15) is 0 Å². The molecule has 2 heteroatoms. The Kier molecular flexibility index (Phi) is 6.69.